The lowest BCUT2D eigenvalue weighted by Crippen LogP contribution is -1.91. The van der Waals surface area contributed by atoms with E-state index in [0.29, 0.717) is 0 Å². The van der Waals surface area contributed by atoms with E-state index in [1.54, 1.807) is 18.9 Å². The van der Waals surface area contributed by atoms with Crippen LogP contribution >= 0.6 is 11.8 Å². The third kappa shape index (κ3) is 3.77. The van der Waals surface area contributed by atoms with E-state index >= 15 is 0 Å². The van der Waals surface area contributed by atoms with Crippen molar-refractivity contribution in [3.05, 3.63) is 18.2 Å². The molecule has 2 N–H and O–H groups in total. The van der Waals surface area contributed by atoms with Crippen LogP contribution in [0.3, 0.4) is 0 Å². The molecule has 0 heterocycles. The molecule has 0 saturated carbocycles. The van der Waals surface area contributed by atoms with Crippen LogP contribution in [0.15, 0.2) is 23.1 Å². The minimum atomic E-state index is 0.797. The molecular weight excluding hydrogens is 206 g/mol. The maximum atomic E-state index is 5.85. The Morgan fingerprint density at radius 3 is 2.93 bits per heavy atom. The summed E-state index contributed by atoms with van der Waals surface area (Å²) in [6, 6.07) is 5.69. The first-order valence-electron chi connectivity index (χ1n) is 4.74. The topological polar surface area (TPSA) is 35.2 Å². The van der Waals surface area contributed by atoms with Crippen molar-refractivity contribution in [2.45, 2.75) is 18.2 Å². The summed E-state index contributed by atoms with van der Waals surface area (Å²) in [5, 5.41) is 0. The molecule has 0 aliphatic heterocycles. The van der Waals surface area contributed by atoms with Gasteiger partial charge >= 0.3 is 0 Å². The predicted octanol–water partition coefficient (Wildman–Crippen LogP) is 2.78. The zero-order chi connectivity index (χ0) is 11.1. The molecule has 0 aromatic heterocycles. The molecule has 0 bridgehead atoms. The average molecular weight is 221 g/mol. The first-order valence-corrected chi connectivity index (χ1v) is 5.72. The summed E-state index contributed by atoms with van der Waals surface area (Å²) in [6.07, 6.45) is 0.887. The van der Waals surface area contributed by atoms with Crippen LogP contribution in [0.25, 0.3) is 0 Å². The van der Waals surface area contributed by atoms with Crippen LogP contribution < -0.4 is 10.5 Å². The molecule has 0 unspecified atom stereocenters. The normalized spacial score (nSPS) is 9.20. The second kappa shape index (κ2) is 6.26. The fourth-order valence-corrected chi connectivity index (χ4v) is 1.96. The van der Waals surface area contributed by atoms with E-state index in [1.807, 2.05) is 25.1 Å². The molecule has 1 aromatic carbocycles. The van der Waals surface area contributed by atoms with Gasteiger partial charge in [-0.05, 0) is 25.1 Å². The fourth-order valence-electron chi connectivity index (χ4n) is 1.10. The number of hydrogen-bond donors (Lipinski definition) is 1. The van der Waals surface area contributed by atoms with E-state index < -0.39 is 0 Å². The number of nitrogen functional groups attached to an aromatic ring is 1. The second-order valence-corrected chi connectivity index (χ2v) is 4.07. The Balaban J connectivity index is 2.61. The van der Waals surface area contributed by atoms with Crippen molar-refractivity contribution in [3.8, 4) is 17.6 Å². The van der Waals surface area contributed by atoms with E-state index in [-0.39, 0.29) is 0 Å². The van der Waals surface area contributed by atoms with Crippen LogP contribution in [0.5, 0.6) is 5.75 Å². The van der Waals surface area contributed by atoms with Crippen LogP contribution in [0, 0.1) is 11.8 Å². The summed E-state index contributed by atoms with van der Waals surface area (Å²) in [7, 11) is 1.66. The molecule has 0 atom stereocenters. The maximum absolute atomic E-state index is 5.85. The van der Waals surface area contributed by atoms with Crippen molar-refractivity contribution in [1.29, 1.82) is 0 Å². The predicted molar refractivity (Wildman–Crippen MR) is 66.2 cm³/mol. The van der Waals surface area contributed by atoms with Gasteiger partial charge in [-0.3, -0.25) is 0 Å². The Bertz CT molecular complexity index is 379. The molecule has 0 amide bonds. The summed E-state index contributed by atoms with van der Waals surface area (Å²) in [4.78, 5) is 1.06. The summed E-state index contributed by atoms with van der Waals surface area (Å²) in [5.41, 5.74) is 6.64. The highest BCUT2D eigenvalue weighted by atomic mass is 32.2. The Labute approximate surface area is 95.2 Å². The molecule has 0 fully saturated rings. The molecule has 0 saturated heterocycles. The van der Waals surface area contributed by atoms with Gasteiger partial charge in [0.05, 0.1) is 7.11 Å². The third-order valence-electron chi connectivity index (χ3n) is 1.88. The lowest BCUT2D eigenvalue weighted by Gasteiger charge is -2.06. The Hall–Kier alpha value is -1.27. The minimum absolute atomic E-state index is 0.797. The van der Waals surface area contributed by atoms with Gasteiger partial charge in [-0.15, -0.1) is 23.6 Å². The lowest BCUT2D eigenvalue weighted by atomic mass is 10.3. The average Bonchev–Trinajstić information content (AvgIpc) is 2.26. The monoisotopic (exact) mass is 221 g/mol. The van der Waals surface area contributed by atoms with E-state index in [2.05, 4.69) is 11.8 Å². The van der Waals surface area contributed by atoms with Crippen LogP contribution in [0.1, 0.15) is 13.3 Å². The number of hydrogen-bond acceptors (Lipinski definition) is 3. The van der Waals surface area contributed by atoms with Crippen LogP contribution in [0.4, 0.5) is 5.69 Å². The number of benzene rings is 1. The molecule has 3 heteroatoms. The smallest absolute Gasteiger partial charge is 0.120 e. The molecule has 1 aromatic rings. The van der Waals surface area contributed by atoms with Crippen molar-refractivity contribution < 1.29 is 4.74 Å². The molecule has 1 rings (SSSR count). The maximum Gasteiger partial charge on any atom is 0.120 e. The number of anilines is 1. The molecule has 0 aliphatic rings. The summed E-state index contributed by atoms with van der Waals surface area (Å²) >= 11 is 1.71. The van der Waals surface area contributed by atoms with Gasteiger partial charge in [-0.25, -0.2) is 0 Å². The lowest BCUT2D eigenvalue weighted by molar-refractivity contribution is 0.414. The zero-order valence-corrected chi connectivity index (χ0v) is 9.86. The van der Waals surface area contributed by atoms with Crippen molar-refractivity contribution in [3.63, 3.8) is 0 Å². The summed E-state index contributed by atoms with van der Waals surface area (Å²) in [5.74, 6) is 7.69. The van der Waals surface area contributed by atoms with E-state index in [0.717, 1.165) is 28.5 Å². The molecule has 0 radical (unpaired) electrons. The van der Waals surface area contributed by atoms with Crippen molar-refractivity contribution in [2.24, 2.45) is 0 Å². The Kier molecular flexibility index (Phi) is 4.92. The number of ether oxygens (including phenoxy) is 1. The highest BCUT2D eigenvalue weighted by molar-refractivity contribution is 7.99. The fraction of sp³-hybridized carbons (Fsp3) is 0.333. The van der Waals surface area contributed by atoms with Gasteiger partial charge in [0.15, 0.2) is 0 Å². The highest BCUT2D eigenvalue weighted by Crippen LogP contribution is 2.29. The molecular formula is C12H15NOS. The largest absolute Gasteiger partial charge is 0.497 e. The van der Waals surface area contributed by atoms with Gasteiger partial charge in [-0.1, -0.05) is 0 Å². The molecule has 15 heavy (non-hydrogen) atoms. The standard InChI is InChI=1S/C12H15NOS/c1-3-4-5-8-15-12-9-10(14-2)6-7-11(12)13/h6-7,9H,5,8,13H2,1-2H3. The minimum Gasteiger partial charge on any atom is -0.497 e. The van der Waals surface area contributed by atoms with Crippen molar-refractivity contribution in [2.75, 3.05) is 18.6 Å². The first-order chi connectivity index (χ1) is 7.27. The van der Waals surface area contributed by atoms with Gasteiger partial charge in [0.25, 0.3) is 0 Å². The quantitative estimate of drug-likeness (QED) is 0.367. The number of nitrogens with two attached hydrogens (primary N) is 1. The number of thioether (sulfide) groups is 1. The first kappa shape index (κ1) is 11.8. The van der Waals surface area contributed by atoms with E-state index in [1.165, 1.54) is 0 Å². The summed E-state index contributed by atoms with van der Waals surface area (Å²) in [6.45, 7) is 1.85. The van der Waals surface area contributed by atoms with Crippen LogP contribution in [-0.4, -0.2) is 12.9 Å². The Morgan fingerprint density at radius 2 is 2.27 bits per heavy atom. The highest BCUT2D eigenvalue weighted by Gasteiger charge is 2.01. The van der Waals surface area contributed by atoms with Gasteiger partial charge < -0.3 is 10.5 Å². The molecule has 2 nitrogen and oxygen atoms in total. The molecule has 80 valence electrons. The zero-order valence-electron chi connectivity index (χ0n) is 9.04. The van der Waals surface area contributed by atoms with Crippen molar-refractivity contribution in [1.82, 2.24) is 0 Å². The number of rotatable bonds is 4. The van der Waals surface area contributed by atoms with Gasteiger partial charge in [0.2, 0.25) is 0 Å². The number of methoxy groups -OCH3 is 1. The van der Waals surface area contributed by atoms with Crippen LogP contribution in [-0.2, 0) is 0 Å². The van der Waals surface area contributed by atoms with Crippen LogP contribution in [0.2, 0.25) is 0 Å². The molecule has 0 aliphatic carbocycles. The SMILES string of the molecule is CC#CCCSc1cc(OC)ccc1N. The second-order valence-electron chi connectivity index (χ2n) is 2.93. The molecule has 0 spiro atoms. The Morgan fingerprint density at radius 1 is 1.47 bits per heavy atom. The van der Waals surface area contributed by atoms with Gasteiger partial charge in [0.1, 0.15) is 5.75 Å². The van der Waals surface area contributed by atoms with Gasteiger partial charge in [0, 0.05) is 22.8 Å². The van der Waals surface area contributed by atoms with Crippen molar-refractivity contribution >= 4 is 17.4 Å². The van der Waals surface area contributed by atoms with E-state index in [4.69, 9.17) is 10.5 Å². The van der Waals surface area contributed by atoms with Gasteiger partial charge in [-0.2, -0.15) is 0 Å². The van der Waals surface area contributed by atoms with E-state index in [9.17, 15) is 0 Å². The third-order valence-corrected chi connectivity index (χ3v) is 2.95. The summed E-state index contributed by atoms with van der Waals surface area (Å²) < 4.78 is 5.14.